The van der Waals surface area contributed by atoms with E-state index in [1.807, 2.05) is 0 Å². The van der Waals surface area contributed by atoms with Crippen LogP contribution in [0.15, 0.2) is 0 Å². The Kier molecular flexibility index (Phi) is 13.1. The first-order valence-electron chi connectivity index (χ1n) is 8.12. The number of aliphatic hydroxyl groups is 1. The number of rotatable bonds is 13. The third-order valence-electron chi connectivity index (χ3n) is 3.14. The van der Waals surface area contributed by atoms with Crippen LogP contribution in [0.5, 0.6) is 0 Å². The van der Waals surface area contributed by atoms with Gasteiger partial charge in [-0.25, -0.2) is 4.79 Å². The molecule has 0 amide bonds. The van der Waals surface area contributed by atoms with Crippen molar-refractivity contribution in [3.05, 3.63) is 0 Å². The lowest BCUT2D eigenvalue weighted by atomic mass is 10.2. The van der Waals surface area contributed by atoms with E-state index in [9.17, 15) is 14.7 Å². The molecular weight excluding hydrogens is 272 g/mol. The highest BCUT2D eigenvalue weighted by molar-refractivity contribution is 5.81. The van der Waals surface area contributed by atoms with Crippen molar-refractivity contribution in [1.82, 2.24) is 0 Å². The summed E-state index contributed by atoms with van der Waals surface area (Å²) in [6, 6.07) is 0. The number of carbonyl (C=O) groups is 2. The number of esters is 2. The number of unbranched alkanes of at least 4 members (excludes halogenated alkanes) is 6. The van der Waals surface area contributed by atoms with Crippen LogP contribution in [-0.2, 0) is 19.1 Å². The van der Waals surface area contributed by atoms with Gasteiger partial charge in [-0.3, -0.25) is 4.79 Å². The zero-order chi connectivity index (χ0) is 15.9. The van der Waals surface area contributed by atoms with E-state index in [1.165, 1.54) is 0 Å². The summed E-state index contributed by atoms with van der Waals surface area (Å²) in [6.07, 6.45) is 6.32. The van der Waals surface area contributed by atoms with Gasteiger partial charge in [0, 0.05) is 0 Å². The van der Waals surface area contributed by atoms with E-state index in [2.05, 4.69) is 13.8 Å². The van der Waals surface area contributed by atoms with E-state index in [0.717, 1.165) is 51.4 Å². The molecule has 1 unspecified atom stereocenters. The van der Waals surface area contributed by atoms with Crippen LogP contribution >= 0.6 is 0 Å². The third-order valence-corrected chi connectivity index (χ3v) is 3.14. The average Bonchev–Trinajstić information content (AvgIpc) is 2.46. The molecule has 0 aliphatic rings. The van der Waals surface area contributed by atoms with Crippen molar-refractivity contribution >= 4 is 11.9 Å². The lowest BCUT2D eigenvalue weighted by molar-refractivity contribution is -0.160. The largest absolute Gasteiger partial charge is 0.466 e. The Morgan fingerprint density at radius 1 is 0.857 bits per heavy atom. The first kappa shape index (κ1) is 19.9. The molecule has 0 aliphatic carbocycles. The number of aliphatic hydroxyl groups excluding tert-OH is 1. The van der Waals surface area contributed by atoms with Gasteiger partial charge in [0.15, 0.2) is 6.10 Å². The Morgan fingerprint density at radius 2 is 1.38 bits per heavy atom. The summed E-state index contributed by atoms with van der Waals surface area (Å²) >= 11 is 0. The van der Waals surface area contributed by atoms with Crippen molar-refractivity contribution in [1.29, 1.82) is 0 Å². The van der Waals surface area contributed by atoms with Gasteiger partial charge in [-0.05, 0) is 12.8 Å². The first-order chi connectivity index (χ1) is 10.1. The predicted octanol–water partition coefficient (Wildman–Crippen LogP) is 2.98. The van der Waals surface area contributed by atoms with Gasteiger partial charge in [0.1, 0.15) is 0 Å². The molecule has 0 aromatic carbocycles. The van der Waals surface area contributed by atoms with Crippen LogP contribution in [0, 0.1) is 0 Å². The minimum absolute atomic E-state index is 0.294. The Labute approximate surface area is 128 Å². The quantitative estimate of drug-likeness (QED) is 0.418. The molecule has 0 rings (SSSR count). The topological polar surface area (TPSA) is 72.8 Å². The standard InChI is InChI=1S/C16H30O5/c1-3-5-7-9-11-20-15(18)13-14(17)16(19)21-12-10-8-6-4-2/h14,17H,3-13H2,1-2H3. The van der Waals surface area contributed by atoms with E-state index in [4.69, 9.17) is 9.47 Å². The van der Waals surface area contributed by atoms with E-state index >= 15 is 0 Å². The van der Waals surface area contributed by atoms with Gasteiger partial charge in [-0.2, -0.15) is 0 Å². The molecule has 1 atom stereocenters. The van der Waals surface area contributed by atoms with Crippen molar-refractivity contribution < 1.29 is 24.2 Å². The van der Waals surface area contributed by atoms with E-state index in [1.54, 1.807) is 0 Å². The highest BCUT2D eigenvalue weighted by Gasteiger charge is 2.21. The van der Waals surface area contributed by atoms with Crippen LogP contribution < -0.4 is 0 Å². The molecule has 0 aromatic rings. The van der Waals surface area contributed by atoms with Crippen molar-refractivity contribution in [3.63, 3.8) is 0 Å². The lowest BCUT2D eigenvalue weighted by Crippen LogP contribution is -2.27. The minimum atomic E-state index is -1.42. The maximum absolute atomic E-state index is 11.4. The Hall–Kier alpha value is -1.10. The zero-order valence-electron chi connectivity index (χ0n) is 13.4. The van der Waals surface area contributed by atoms with Gasteiger partial charge in [0.2, 0.25) is 0 Å². The molecular formula is C16H30O5. The number of hydrogen-bond donors (Lipinski definition) is 1. The fraction of sp³-hybridized carbons (Fsp3) is 0.875. The number of ether oxygens (including phenoxy) is 2. The Balaban J connectivity index is 3.62. The van der Waals surface area contributed by atoms with Crippen LogP contribution in [0.2, 0.25) is 0 Å². The minimum Gasteiger partial charge on any atom is -0.466 e. The van der Waals surface area contributed by atoms with E-state index < -0.39 is 18.0 Å². The first-order valence-corrected chi connectivity index (χ1v) is 8.12. The molecule has 0 bridgehead atoms. The maximum Gasteiger partial charge on any atom is 0.335 e. The van der Waals surface area contributed by atoms with Gasteiger partial charge < -0.3 is 14.6 Å². The fourth-order valence-electron chi connectivity index (χ4n) is 1.81. The average molecular weight is 302 g/mol. The zero-order valence-corrected chi connectivity index (χ0v) is 13.4. The highest BCUT2D eigenvalue weighted by atomic mass is 16.6. The molecule has 0 fully saturated rings. The Morgan fingerprint density at radius 3 is 1.90 bits per heavy atom. The monoisotopic (exact) mass is 302 g/mol. The van der Waals surface area contributed by atoms with Crippen molar-refractivity contribution in [3.8, 4) is 0 Å². The van der Waals surface area contributed by atoms with E-state index in [0.29, 0.717) is 13.2 Å². The van der Waals surface area contributed by atoms with Crippen molar-refractivity contribution in [2.75, 3.05) is 13.2 Å². The van der Waals surface area contributed by atoms with Gasteiger partial charge in [0.05, 0.1) is 19.6 Å². The Bertz CT molecular complexity index is 278. The van der Waals surface area contributed by atoms with Crippen LogP contribution in [-0.4, -0.2) is 36.4 Å². The van der Waals surface area contributed by atoms with Crippen molar-refractivity contribution in [2.45, 2.75) is 77.7 Å². The molecule has 0 saturated carbocycles. The van der Waals surface area contributed by atoms with Gasteiger partial charge >= 0.3 is 11.9 Å². The molecule has 0 spiro atoms. The van der Waals surface area contributed by atoms with Crippen LogP contribution in [0.25, 0.3) is 0 Å². The number of hydrogen-bond acceptors (Lipinski definition) is 5. The van der Waals surface area contributed by atoms with Crippen LogP contribution in [0.3, 0.4) is 0 Å². The molecule has 1 N–H and O–H groups in total. The van der Waals surface area contributed by atoms with Crippen molar-refractivity contribution in [2.24, 2.45) is 0 Å². The number of carbonyl (C=O) groups excluding carboxylic acids is 2. The lowest BCUT2D eigenvalue weighted by Gasteiger charge is -2.10. The maximum atomic E-state index is 11.4. The molecule has 5 nitrogen and oxygen atoms in total. The van der Waals surface area contributed by atoms with Gasteiger partial charge in [-0.1, -0.05) is 52.4 Å². The second-order valence-electron chi connectivity index (χ2n) is 5.23. The van der Waals surface area contributed by atoms with E-state index in [-0.39, 0.29) is 6.42 Å². The summed E-state index contributed by atoms with van der Waals surface area (Å²) in [5.41, 5.74) is 0. The predicted molar refractivity (Wildman–Crippen MR) is 80.8 cm³/mol. The molecule has 5 heteroatoms. The second kappa shape index (κ2) is 13.9. The molecule has 124 valence electrons. The SMILES string of the molecule is CCCCCCOC(=O)CC(O)C(=O)OCCCCCC. The third kappa shape index (κ3) is 12.4. The normalized spacial score (nSPS) is 12.0. The molecule has 0 radical (unpaired) electrons. The van der Waals surface area contributed by atoms with Crippen LogP contribution in [0.4, 0.5) is 0 Å². The van der Waals surface area contributed by atoms with Gasteiger partial charge in [-0.15, -0.1) is 0 Å². The fourth-order valence-corrected chi connectivity index (χ4v) is 1.81. The summed E-state index contributed by atoms with van der Waals surface area (Å²) in [6.45, 7) is 4.85. The molecule has 0 saturated heterocycles. The summed E-state index contributed by atoms with van der Waals surface area (Å²) in [5.74, 6) is -1.30. The molecule has 21 heavy (non-hydrogen) atoms. The molecule has 0 aromatic heterocycles. The molecule has 0 aliphatic heterocycles. The summed E-state index contributed by atoms with van der Waals surface area (Å²) < 4.78 is 9.87. The highest BCUT2D eigenvalue weighted by Crippen LogP contribution is 2.04. The van der Waals surface area contributed by atoms with Gasteiger partial charge in [0.25, 0.3) is 0 Å². The van der Waals surface area contributed by atoms with Crippen LogP contribution in [0.1, 0.15) is 71.6 Å². The summed E-state index contributed by atoms with van der Waals surface area (Å²) in [5, 5.41) is 9.56. The smallest absolute Gasteiger partial charge is 0.335 e. The summed E-state index contributed by atoms with van der Waals surface area (Å²) in [4.78, 5) is 22.9. The molecule has 0 heterocycles. The second-order valence-corrected chi connectivity index (χ2v) is 5.23. The summed E-state index contributed by atoms with van der Waals surface area (Å²) in [7, 11) is 0.